The van der Waals surface area contributed by atoms with Crippen LogP contribution >= 0.6 is 0 Å². The lowest BCUT2D eigenvalue weighted by molar-refractivity contribution is -0.123. The predicted molar refractivity (Wildman–Crippen MR) is 66.2 cm³/mol. The highest BCUT2D eigenvalue weighted by atomic mass is 16.1. The Kier molecular flexibility index (Phi) is 3.43. The lowest BCUT2D eigenvalue weighted by Crippen LogP contribution is -2.50. The molecular formula is C13H19N3O. The number of carbonyl (C=O) groups is 1. The van der Waals surface area contributed by atoms with Crippen LogP contribution in [0.3, 0.4) is 0 Å². The van der Waals surface area contributed by atoms with Crippen molar-refractivity contribution in [3.8, 4) is 0 Å². The van der Waals surface area contributed by atoms with Gasteiger partial charge in [0.2, 0.25) is 5.91 Å². The Labute approximate surface area is 102 Å². The molecule has 0 bridgehead atoms. The number of aromatic nitrogens is 1. The number of nitrogens with zero attached hydrogens (tertiary/aromatic N) is 1. The highest BCUT2D eigenvalue weighted by Crippen LogP contribution is 2.32. The maximum atomic E-state index is 11.8. The molecule has 0 spiro atoms. The van der Waals surface area contributed by atoms with Crippen molar-refractivity contribution in [2.24, 2.45) is 5.73 Å². The largest absolute Gasteiger partial charge is 0.348 e. The quantitative estimate of drug-likeness (QED) is 0.828. The molecule has 2 rings (SSSR count). The van der Waals surface area contributed by atoms with Crippen molar-refractivity contribution >= 4 is 5.91 Å². The van der Waals surface area contributed by atoms with Crippen LogP contribution in [0.2, 0.25) is 0 Å². The molecule has 1 fully saturated rings. The van der Waals surface area contributed by atoms with Gasteiger partial charge in [-0.2, -0.15) is 0 Å². The summed E-state index contributed by atoms with van der Waals surface area (Å²) in [7, 11) is 0. The molecular weight excluding hydrogens is 214 g/mol. The summed E-state index contributed by atoms with van der Waals surface area (Å²) in [5.41, 5.74) is 6.66. The summed E-state index contributed by atoms with van der Waals surface area (Å²) in [6, 6.07) is 5.63. The van der Waals surface area contributed by atoms with Gasteiger partial charge in [-0.05, 0) is 38.3 Å². The van der Waals surface area contributed by atoms with Crippen LogP contribution in [-0.2, 0) is 4.79 Å². The molecule has 4 nitrogen and oxygen atoms in total. The van der Waals surface area contributed by atoms with Gasteiger partial charge in [0.1, 0.15) is 0 Å². The SMILES string of the molecule is CC(NC(=O)CC1(N)CCC1)c1ccccn1. The summed E-state index contributed by atoms with van der Waals surface area (Å²) in [5.74, 6) is 0.0188. The van der Waals surface area contributed by atoms with Gasteiger partial charge < -0.3 is 11.1 Å². The Morgan fingerprint density at radius 2 is 2.35 bits per heavy atom. The van der Waals surface area contributed by atoms with E-state index in [1.54, 1.807) is 6.20 Å². The van der Waals surface area contributed by atoms with E-state index in [2.05, 4.69) is 10.3 Å². The first-order valence-electron chi connectivity index (χ1n) is 6.08. The molecule has 3 N–H and O–H groups in total. The zero-order valence-corrected chi connectivity index (χ0v) is 10.1. The van der Waals surface area contributed by atoms with E-state index in [9.17, 15) is 4.79 Å². The fourth-order valence-electron chi connectivity index (χ4n) is 2.13. The van der Waals surface area contributed by atoms with Crippen LogP contribution in [-0.4, -0.2) is 16.4 Å². The maximum Gasteiger partial charge on any atom is 0.222 e. The lowest BCUT2D eigenvalue weighted by Gasteiger charge is -2.37. The van der Waals surface area contributed by atoms with E-state index < -0.39 is 0 Å². The van der Waals surface area contributed by atoms with Gasteiger partial charge in [0.15, 0.2) is 0 Å². The molecule has 1 aliphatic rings. The van der Waals surface area contributed by atoms with Crippen LogP contribution < -0.4 is 11.1 Å². The zero-order valence-electron chi connectivity index (χ0n) is 10.1. The van der Waals surface area contributed by atoms with E-state index in [1.165, 1.54) is 0 Å². The van der Waals surface area contributed by atoms with Gasteiger partial charge >= 0.3 is 0 Å². The summed E-state index contributed by atoms with van der Waals surface area (Å²) in [4.78, 5) is 16.0. The van der Waals surface area contributed by atoms with Crippen LogP contribution in [0.1, 0.15) is 44.3 Å². The van der Waals surface area contributed by atoms with Crippen LogP contribution in [0.25, 0.3) is 0 Å². The van der Waals surface area contributed by atoms with E-state index in [1.807, 2.05) is 25.1 Å². The first-order chi connectivity index (χ1) is 8.09. The van der Waals surface area contributed by atoms with E-state index in [4.69, 9.17) is 5.73 Å². The van der Waals surface area contributed by atoms with Crippen molar-refractivity contribution in [1.82, 2.24) is 10.3 Å². The van der Waals surface area contributed by atoms with Crippen molar-refractivity contribution in [3.63, 3.8) is 0 Å². The Morgan fingerprint density at radius 1 is 1.59 bits per heavy atom. The van der Waals surface area contributed by atoms with Crippen LogP contribution in [0.15, 0.2) is 24.4 Å². The molecule has 0 aromatic carbocycles. The van der Waals surface area contributed by atoms with Gasteiger partial charge in [-0.1, -0.05) is 6.07 Å². The lowest BCUT2D eigenvalue weighted by atomic mass is 9.75. The Morgan fingerprint density at radius 3 is 2.88 bits per heavy atom. The summed E-state index contributed by atoms with van der Waals surface area (Å²) in [6.07, 6.45) is 5.20. The molecule has 4 heteroatoms. The van der Waals surface area contributed by atoms with Crippen LogP contribution in [0.5, 0.6) is 0 Å². The monoisotopic (exact) mass is 233 g/mol. The topological polar surface area (TPSA) is 68.0 Å². The number of amides is 1. The molecule has 1 aromatic heterocycles. The molecule has 17 heavy (non-hydrogen) atoms. The third-order valence-electron chi connectivity index (χ3n) is 3.37. The average Bonchev–Trinajstić information content (AvgIpc) is 2.28. The van der Waals surface area contributed by atoms with E-state index >= 15 is 0 Å². The molecule has 0 radical (unpaired) electrons. The number of hydrogen-bond acceptors (Lipinski definition) is 3. The number of carbonyl (C=O) groups excluding carboxylic acids is 1. The molecule has 1 amide bonds. The smallest absolute Gasteiger partial charge is 0.222 e. The highest BCUT2D eigenvalue weighted by Gasteiger charge is 2.34. The minimum absolute atomic E-state index is 0.0188. The maximum absolute atomic E-state index is 11.8. The Hall–Kier alpha value is -1.42. The fourth-order valence-corrected chi connectivity index (χ4v) is 2.13. The number of nitrogens with one attached hydrogen (secondary N) is 1. The number of nitrogens with two attached hydrogens (primary N) is 1. The highest BCUT2D eigenvalue weighted by molar-refractivity contribution is 5.77. The minimum atomic E-state index is -0.256. The fraction of sp³-hybridized carbons (Fsp3) is 0.538. The average molecular weight is 233 g/mol. The van der Waals surface area contributed by atoms with Crippen LogP contribution in [0, 0.1) is 0 Å². The third kappa shape index (κ3) is 3.03. The second kappa shape index (κ2) is 4.84. The van der Waals surface area contributed by atoms with E-state index in [0.717, 1.165) is 25.0 Å². The van der Waals surface area contributed by atoms with Crippen molar-refractivity contribution < 1.29 is 4.79 Å². The van der Waals surface area contributed by atoms with Gasteiger partial charge in [-0.3, -0.25) is 9.78 Å². The first kappa shape index (κ1) is 12.0. The van der Waals surface area contributed by atoms with E-state index in [0.29, 0.717) is 6.42 Å². The molecule has 1 heterocycles. The molecule has 0 aliphatic heterocycles. The summed E-state index contributed by atoms with van der Waals surface area (Å²) in [6.45, 7) is 1.93. The van der Waals surface area contributed by atoms with Gasteiger partial charge in [-0.25, -0.2) is 0 Å². The number of rotatable bonds is 4. The Bertz CT molecular complexity index is 387. The minimum Gasteiger partial charge on any atom is -0.348 e. The standard InChI is InChI=1S/C13H19N3O/c1-10(11-5-2-3-8-15-11)16-12(17)9-13(14)6-4-7-13/h2-3,5,8,10H,4,6-7,9,14H2,1H3,(H,16,17). The van der Waals surface area contributed by atoms with Crippen molar-refractivity contribution in [2.75, 3.05) is 0 Å². The third-order valence-corrected chi connectivity index (χ3v) is 3.37. The normalized spacial score (nSPS) is 19.2. The van der Waals surface area contributed by atoms with Gasteiger partial charge in [0.05, 0.1) is 11.7 Å². The second-order valence-corrected chi connectivity index (χ2v) is 4.94. The molecule has 1 aliphatic carbocycles. The molecule has 0 saturated heterocycles. The van der Waals surface area contributed by atoms with Crippen LogP contribution in [0.4, 0.5) is 0 Å². The van der Waals surface area contributed by atoms with Crippen molar-refractivity contribution in [3.05, 3.63) is 30.1 Å². The van der Waals surface area contributed by atoms with Gasteiger partial charge in [0.25, 0.3) is 0 Å². The van der Waals surface area contributed by atoms with Crippen molar-refractivity contribution in [2.45, 2.75) is 44.2 Å². The molecule has 1 unspecified atom stereocenters. The summed E-state index contributed by atoms with van der Waals surface area (Å²) < 4.78 is 0. The van der Waals surface area contributed by atoms with E-state index in [-0.39, 0.29) is 17.5 Å². The molecule has 1 aromatic rings. The number of hydrogen-bond donors (Lipinski definition) is 2. The molecule has 92 valence electrons. The first-order valence-corrected chi connectivity index (χ1v) is 6.08. The number of pyridine rings is 1. The second-order valence-electron chi connectivity index (χ2n) is 4.94. The molecule has 1 atom stereocenters. The van der Waals surface area contributed by atoms with Gasteiger partial charge in [-0.15, -0.1) is 0 Å². The Balaban J connectivity index is 1.86. The summed E-state index contributed by atoms with van der Waals surface area (Å²) >= 11 is 0. The summed E-state index contributed by atoms with van der Waals surface area (Å²) in [5, 5.41) is 2.94. The van der Waals surface area contributed by atoms with Crippen molar-refractivity contribution in [1.29, 1.82) is 0 Å². The zero-order chi connectivity index (χ0) is 12.3. The van der Waals surface area contributed by atoms with Gasteiger partial charge in [0, 0.05) is 18.2 Å². The predicted octanol–water partition coefficient (Wildman–Crippen LogP) is 1.53. The molecule has 1 saturated carbocycles.